The SMILES string of the molecule is CC1=CP(O)(O)(O)C(=O)NC1=O. The first-order chi connectivity index (χ1) is 5.21. The maximum atomic E-state index is 10.7. The third kappa shape index (κ3) is 1.37. The number of carbonyl (C=O) groups is 2. The molecule has 0 aromatic heterocycles. The molecule has 7 heteroatoms. The van der Waals surface area contributed by atoms with Gasteiger partial charge in [-0.15, -0.1) is 0 Å². The Morgan fingerprint density at radius 1 is 1.33 bits per heavy atom. The Labute approximate surface area is 67.7 Å². The van der Waals surface area contributed by atoms with E-state index in [1.165, 1.54) is 6.92 Å². The number of rotatable bonds is 0. The van der Waals surface area contributed by atoms with Gasteiger partial charge in [-0.05, 0) is 0 Å². The van der Waals surface area contributed by atoms with E-state index in [1.807, 2.05) is 0 Å². The van der Waals surface area contributed by atoms with Gasteiger partial charge >= 0.3 is 66.7 Å². The van der Waals surface area contributed by atoms with E-state index < -0.39 is 18.8 Å². The summed E-state index contributed by atoms with van der Waals surface area (Å²) < 4.78 is 0. The summed E-state index contributed by atoms with van der Waals surface area (Å²) in [6.45, 7) is 1.26. The zero-order valence-electron chi connectivity index (χ0n) is 6.18. The summed E-state index contributed by atoms with van der Waals surface area (Å²) in [7, 11) is -5.40. The van der Waals surface area contributed by atoms with Crippen molar-refractivity contribution in [3.05, 3.63) is 11.4 Å². The minimum absolute atomic E-state index is 0.0974. The summed E-state index contributed by atoms with van der Waals surface area (Å²) >= 11 is 0. The Morgan fingerprint density at radius 3 is 2.25 bits per heavy atom. The molecule has 1 aliphatic rings. The van der Waals surface area contributed by atoms with Crippen molar-refractivity contribution in [1.29, 1.82) is 0 Å². The Balaban J connectivity index is 3.26. The fourth-order valence-corrected chi connectivity index (χ4v) is 2.04. The average Bonchev–Trinajstić information content (AvgIpc) is 1.82. The molecule has 0 spiro atoms. The average molecular weight is 193 g/mol. The molecular formula is C5H8NO5P. The molecule has 0 atom stereocenters. The van der Waals surface area contributed by atoms with Crippen molar-refractivity contribution >= 4 is 18.8 Å². The van der Waals surface area contributed by atoms with Gasteiger partial charge in [0.15, 0.2) is 0 Å². The van der Waals surface area contributed by atoms with Crippen LogP contribution in [0.25, 0.3) is 0 Å². The van der Waals surface area contributed by atoms with Gasteiger partial charge in [0, 0.05) is 0 Å². The quantitative estimate of drug-likeness (QED) is 0.385. The van der Waals surface area contributed by atoms with Crippen LogP contribution in [0.15, 0.2) is 11.4 Å². The molecule has 6 nitrogen and oxygen atoms in total. The zero-order valence-corrected chi connectivity index (χ0v) is 7.08. The molecule has 0 unspecified atom stereocenters. The predicted molar refractivity (Wildman–Crippen MR) is 40.9 cm³/mol. The van der Waals surface area contributed by atoms with Crippen molar-refractivity contribution in [3.8, 4) is 0 Å². The number of hydrogen-bond donors (Lipinski definition) is 4. The molecule has 1 heterocycles. The van der Waals surface area contributed by atoms with Crippen LogP contribution in [-0.4, -0.2) is 26.2 Å². The summed E-state index contributed by atoms with van der Waals surface area (Å²) in [5.41, 5.74) is -1.55. The van der Waals surface area contributed by atoms with Crippen LogP contribution >= 0.6 is 7.28 Å². The monoisotopic (exact) mass is 193 g/mol. The Hall–Kier alpha value is -0.810. The van der Waals surface area contributed by atoms with Gasteiger partial charge in [-0.25, -0.2) is 0 Å². The zero-order chi connectivity index (χ0) is 9.59. The molecule has 68 valence electrons. The Bertz CT molecular complexity index is 299. The van der Waals surface area contributed by atoms with Crippen LogP contribution in [-0.2, 0) is 4.79 Å². The number of nitrogens with one attached hydrogen (secondary N) is 1. The first kappa shape index (κ1) is 9.28. The van der Waals surface area contributed by atoms with Gasteiger partial charge in [-0.2, -0.15) is 0 Å². The summed E-state index contributed by atoms with van der Waals surface area (Å²) in [5.74, 6) is -0.232. The van der Waals surface area contributed by atoms with E-state index in [1.54, 1.807) is 5.32 Å². The summed E-state index contributed by atoms with van der Waals surface area (Å²) in [6.07, 6.45) is 0. The fraction of sp³-hybridized carbons (Fsp3) is 0.200. The van der Waals surface area contributed by atoms with Crippen molar-refractivity contribution in [2.45, 2.75) is 6.92 Å². The van der Waals surface area contributed by atoms with Gasteiger partial charge in [0.05, 0.1) is 0 Å². The van der Waals surface area contributed by atoms with Crippen LogP contribution in [0.4, 0.5) is 4.79 Å². The minimum atomic E-state index is -5.40. The molecule has 0 bridgehead atoms. The normalized spacial score (nSPS) is 29.7. The molecule has 0 aliphatic carbocycles. The second-order valence-electron chi connectivity index (χ2n) is 2.62. The van der Waals surface area contributed by atoms with Gasteiger partial charge in [0.1, 0.15) is 0 Å². The molecule has 12 heavy (non-hydrogen) atoms. The van der Waals surface area contributed by atoms with Crippen molar-refractivity contribution in [3.63, 3.8) is 0 Å². The fourth-order valence-electron chi connectivity index (χ4n) is 0.777. The summed E-state index contributed by atoms with van der Waals surface area (Å²) in [5, 5.41) is 1.62. The van der Waals surface area contributed by atoms with Gasteiger partial charge < -0.3 is 0 Å². The molecule has 0 aromatic carbocycles. The van der Waals surface area contributed by atoms with E-state index in [2.05, 4.69) is 0 Å². The second kappa shape index (κ2) is 2.11. The van der Waals surface area contributed by atoms with E-state index >= 15 is 0 Å². The molecule has 4 N–H and O–H groups in total. The molecule has 2 amide bonds. The van der Waals surface area contributed by atoms with Crippen LogP contribution in [0.3, 0.4) is 0 Å². The molecular weight excluding hydrogens is 185 g/mol. The van der Waals surface area contributed by atoms with Gasteiger partial charge in [-0.3, -0.25) is 0 Å². The van der Waals surface area contributed by atoms with Crippen molar-refractivity contribution in [2.24, 2.45) is 0 Å². The van der Waals surface area contributed by atoms with Crippen LogP contribution in [0.2, 0.25) is 0 Å². The number of carbonyl (C=O) groups excluding carboxylic acids is 2. The first-order valence-electron chi connectivity index (χ1n) is 3.03. The van der Waals surface area contributed by atoms with Gasteiger partial charge in [-0.1, -0.05) is 0 Å². The van der Waals surface area contributed by atoms with Crippen molar-refractivity contribution < 1.29 is 24.3 Å². The standard InChI is InChI=1S/C5H8NO5P/c1-3-2-12(9,10,11)5(8)6-4(3)7/h2,9-11H,1H3,(H,6,7,8). The third-order valence-corrected chi connectivity index (χ3v) is 3.15. The number of imide groups is 1. The van der Waals surface area contributed by atoms with Crippen molar-refractivity contribution in [2.75, 3.05) is 0 Å². The molecule has 0 radical (unpaired) electrons. The maximum absolute atomic E-state index is 10.7. The van der Waals surface area contributed by atoms with Crippen LogP contribution in [0.1, 0.15) is 6.92 Å². The van der Waals surface area contributed by atoms with E-state index in [4.69, 9.17) is 14.7 Å². The summed E-state index contributed by atoms with van der Waals surface area (Å²) in [6, 6.07) is 0. The molecule has 0 saturated carbocycles. The van der Waals surface area contributed by atoms with Crippen LogP contribution in [0, 0.1) is 0 Å². The Morgan fingerprint density at radius 2 is 1.83 bits per heavy atom. The Kier molecular flexibility index (Phi) is 1.63. The van der Waals surface area contributed by atoms with Gasteiger partial charge in [0.2, 0.25) is 0 Å². The molecule has 0 aromatic rings. The predicted octanol–water partition coefficient (Wildman–Crippen LogP) is -0.585. The number of amides is 2. The van der Waals surface area contributed by atoms with E-state index in [0.29, 0.717) is 5.82 Å². The van der Waals surface area contributed by atoms with Crippen molar-refractivity contribution in [1.82, 2.24) is 5.32 Å². The molecule has 0 saturated heterocycles. The van der Waals surface area contributed by atoms with E-state index in [0.717, 1.165) is 0 Å². The first-order valence-corrected chi connectivity index (χ1v) is 5.19. The third-order valence-electron chi connectivity index (χ3n) is 1.40. The van der Waals surface area contributed by atoms with Crippen LogP contribution in [0.5, 0.6) is 0 Å². The number of hydrogen-bond acceptors (Lipinski definition) is 5. The molecule has 1 rings (SSSR count). The topological polar surface area (TPSA) is 107 Å². The van der Waals surface area contributed by atoms with Crippen LogP contribution < -0.4 is 5.32 Å². The van der Waals surface area contributed by atoms with Gasteiger partial charge in [0.25, 0.3) is 0 Å². The molecule has 0 fully saturated rings. The van der Waals surface area contributed by atoms with E-state index in [-0.39, 0.29) is 5.57 Å². The second-order valence-corrected chi connectivity index (χ2v) is 5.37. The summed E-state index contributed by atoms with van der Waals surface area (Å²) in [4.78, 5) is 48.4. The molecule has 1 aliphatic heterocycles. The van der Waals surface area contributed by atoms with E-state index in [9.17, 15) is 9.59 Å².